The largest absolute Gasteiger partial charge is 0.232 e. The fourth-order valence-corrected chi connectivity index (χ4v) is 4.33. The first-order valence-corrected chi connectivity index (χ1v) is 10.8. The number of allylic oxidation sites excluding steroid dienone is 1. The highest BCUT2D eigenvalue weighted by Crippen LogP contribution is 2.39. The van der Waals surface area contributed by atoms with Gasteiger partial charge in [-0.25, -0.2) is 4.68 Å². The first-order chi connectivity index (χ1) is 14.7. The standard InChI is InChI=1S/C26H20Cl2N2/c27-21-13-9-18(10-14-21)17-20-5-4-8-24-25(20)29-30(23-6-2-1-3-7-23)26(24)19-11-15-22(28)16-12-19/h1-3,6-7,9-17H,4-5,8H2/b20-17+. The van der Waals surface area contributed by atoms with Crippen molar-refractivity contribution in [2.24, 2.45) is 0 Å². The number of nitrogens with zero attached hydrogens (tertiary/aromatic N) is 2. The highest BCUT2D eigenvalue weighted by Gasteiger charge is 2.25. The highest BCUT2D eigenvalue weighted by atomic mass is 35.5. The van der Waals surface area contributed by atoms with Crippen molar-refractivity contribution in [3.63, 3.8) is 0 Å². The molecule has 0 fully saturated rings. The molecule has 1 heterocycles. The fourth-order valence-electron chi connectivity index (χ4n) is 4.08. The molecule has 0 bridgehead atoms. The lowest BCUT2D eigenvalue weighted by atomic mass is 9.89. The van der Waals surface area contributed by atoms with Crippen molar-refractivity contribution < 1.29 is 0 Å². The van der Waals surface area contributed by atoms with E-state index in [0.717, 1.165) is 57.5 Å². The summed E-state index contributed by atoms with van der Waals surface area (Å²) in [5, 5.41) is 6.59. The fraction of sp³-hybridized carbons (Fsp3) is 0.115. The number of para-hydroxylation sites is 1. The SMILES string of the molecule is Clc1ccc(/C=C2\CCCc3c2nn(-c2ccccc2)c3-c2ccc(Cl)cc2)cc1. The van der Waals surface area contributed by atoms with Crippen molar-refractivity contribution in [1.29, 1.82) is 0 Å². The first kappa shape index (κ1) is 19.2. The van der Waals surface area contributed by atoms with Gasteiger partial charge >= 0.3 is 0 Å². The summed E-state index contributed by atoms with van der Waals surface area (Å²) >= 11 is 12.2. The van der Waals surface area contributed by atoms with E-state index in [1.807, 2.05) is 42.5 Å². The number of rotatable bonds is 3. The van der Waals surface area contributed by atoms with Crippen LogP contribution in [-0.4, -0.2) is 9.78 Å². The molecule has 3 aromatic carbocycles. The van der Waals surface area contributed by atoms with Crippen molar-refractivity contribution in [2.75, 3.05) is 0 Å². The van der Waals surface area contributed by atoms with Gasteiger partial charge in [0.1, 0.15) is 0 Å². The number of aromatic nitrogens is 2. The summed E-state index contributed by atoms with van der Waals surface area (Å²) in [6, 6.07) is 26.3. The van der Waals surface area contributed by atoms with Crippen LogP contribution in [0.2, 0.25) is 10.0 Å². The maximum atomic E-state index is 6.16. The number of hydrogen-bond acceptors (Lipinski definition) is 1. The molecule has 5 rings (SSSR count). The van der Waals surface area contributed by atoms with E-state index in [1.165, 1.54) is 11.1 Å². The Labute approximate surface area is 186 Å². The predicted octanol–water partition coefficient (Wildman–Crippen LogP) is 7.72. The van der Waals surface area contributed by atoms with Crippen molar-refractivity contribution >= 4 is 34.9 Å². The predicted molar refractivity (Wildman–Crippen MR) is 126 cm³/mol. The summed E-state index contributed by atoms with van der Waals surface area (Å²) in [7, 11) is 0. The molecule has 1 aromatic heterocycles. The molecule has 148 valence electrons. The van der Waals surface area contributed by atoms with E-state index >= 15 is 0 Å². The summed E-state index contributed by atoms with van der Waals surface area (Å²) in [6.07, 6.45) is 5.37. The number of halogens is 2. The number of hydrogen-bond donors (Lipinski definition) is 0. The lowest BCUT2D eigenvalue weighted by Crippen LogP contribution is -2.01. The summed E-state index contributed by atoms with van der Waals surface area (Å²) < 4.78 is 2.08. The van der Waals surface area contributed by atoms with E-state index in [4.69, 9.17) is 28.3 Å². The van der Waals surface area contributed by atoms with Crippen LogP contribution in [0.1, 0.15) is 29.7 Å². The monoisotopic (exact) mass is 430 g/mol. The second kappa shape index (κ2) is 8.14. The molecule has 30 heavy (non-hydrogen) atoms. The Hall–Kier alpha value is -2.81. The van der Waals surface area contributed by atoms with Gasteiger partial charge in [0.25, 0.3) is 0 Å². The molecule has 4 heteroatoms. The van der Waals surface area contributed by atoms with Crippen LogP contribution in [0.15, 0.2) is 78.9 Å². The molecule has 0 atom stereocenters. The summed E-state index contributed by atoms with van der Waals surface area (Å²) in [5.41, 5.74) is 8.13. The van der Waals surface area contributed by atoms with Crippen LogP contribution < -0.4 is 0 Å². The maximum Gasteiger partial charge on any atom is 0.0926 e. The third-order valence-corrected chi connectivity index (χ3v) is 5.99. The van der Waals surface area contributed by atoms with Crippen LogP contribution in [0.25, 0.3) is 28.6 Å². The normalized spacial score (nSPS) is 14.7. The minimum atomic E-state index is 0.738. The van der Waals surface area contributed by atoms with Crippen LogP contribution in [0.3, 0.4) is 0 Å². The smallest absolute Gasteiger partial charge is 0.0926 e. The van der Waals surface area contributed by atoms with Gasteiger partial charge < -0.3 is 0 Å². The molecule has 0 saturated heterocycles. The Morgan fingerprint density at radius 2 is 1.43 bits per heavy atom. The van der Waals surface area contributed by atoms with E-state index < -0.39 is 0 Å². The van der Waals surface area contributed by atoms with Crippen LogP contribution in [-0.2, 0) is 6.42 Å². The van der Waals surface area contributed by atoms with Crippen LogP contribution in [0.5, 0.6) is 0 Å². The first-order valence-electron chi connectivity index (χ1n) is 10.1. The van der Waals surface area contributed by atoms with Crippen molar-refractivity contribution in [1.82, 2.24) is 9.78 Å². The zero-order valence-electron chi connectivity index (χ0n) is 16.4. The molecule has 0 amide bonds. The van der Waals surface area contributed by atoms with E-state index in [2.05, 4.69) is 47.2 Å². The van der Waals surface area contributed by atoms with Gasteiger partial charge in [0, 0.05) is 21.2 Å². The van der Waals surface area contributed by atoms with Crippen molar-refractivity contribution in [2.45, 2.75) is 19.3 Å². The summed E-state index contributed by atoms with van der Waals surface area (Å²) in [4.78, 5) is 0. The molecular formula is C26H20Cl2N2. The molecule has 2 nitrogen and oxygen atoms in total. The minimum Gasteiger partial charge on any atom is -0.232 e. The second-order valence-corrected chi connectivity index (χ2v) is 8.38. The molecule has 0 radical (unpaired) electrons. The molecule has 0 saturated carbocycles. The Kier molecular flexibility index (Phi) is 5.20. The average molecular weight is 431 g/mol. The maximum absolute atomic E-state index is 6.16. The van der Waals surface area contributed by atoms with Crippen LogP contribution >= 0.6 is 23.2 Å². The van der Waals surface area contributed by atoms with Crippen LogP contribution in [0, 0.1) is 0 Å². The Morgan fingerprint density at radius 3 is 2.13 bits per heavy atom. The molecule has 0 N–H and O–H groups in total. The van der Waals surface area contributed by atoms with E-state index in [0.29, 0.717) is 0 Å². The van der Waals surface area contributed by atoms with Gasteiger partial charge in [0.15, 0.2) is 0 Å². The van der Waals surface area contributed by atoms with Gasteiger partial charge in [-0.15, -0.1) is 0 Å². The zero-order chi connectivity index (χ0) is 20.5. The van der Waals surface area contributed by atoms with Crippen molar-refractivity contribution in [3.05, 3.63) is 106 Å². The lowest BCUT2D eigenvalue weighted by molar-refractivity contribution is 0.818. The van der Waals surface area contributed by atoms with Gasteiger partial charge in [-0.2, -0.15) is 5.10 Å². The summed E-state index contributed by atoms with van der Waals surface area (Å²) in [6.45, 7) is 0. The van der Waals surface area contributed by atoms with Gasteiger partial charge in [-0.1, -0.05) is 65.7 Å². The van der Waals surface area contributed by atoms with Gasteiger partial charge in [-0.05, 0) is 72.9 Å². The van der Waals surface area contributed by atoms with Gasteiger partial charge in [0.05, 0.1) is 17.1 Å². The molecule has 1 aliphatic carbocycles. The zero-order valence-corrected chi connectivity index (χ0v) is 17.9. The second-order valence-electron chi connectivity index (χ2n) is 7.50. The quantitative estimate of drug-likeness (QED) is 0.325. The van der Waals surface area contributed by atoms with Crippen LogP contribution in [0.4, 0.5) is 0 Å². The van der Waals surface area contributed by atoms with E-state index in [9.17, 15) is 0 Å². The number of fused-ring (bicyclic) bond motifs is 1. The minimum absolute atomic E-state index is 0.738. The van der Waals surface area contributed by atoms with Gasteiger partial charge in [0.2, 0.25) is 0 Å². The number of benzene rings is 3. The summed E-state index contributed by atoms with van der Waals surface area (Å²) in [5.74, 6) is 0. The molecule has 1 aliphatic rings. The topological polar surface area (TPSA) is 17.8 Å². The van der Waals surface area contributed by atoms with Crippen molar-refractivity contribution in [3.8, 4) is 16.9 Å². The van der Waals surface area contributed by atoms with Gasteiger partial charge in [-0.3, -0.25) is 0 Å². The molecule has 0 aliphatic heterocycles. The lowest BCUT2D eigenvalue weighted by Gasteiger charge is -2.15. The third-order valence-electron chi connectivity index (χ3n) is 5.49. The highest BCUT2D eigenvalue weighted by molar-refractivity contribution is 6.30. The molecule has 0 spiro atoms. The third kappa shape index (κ3) is 3.69. The molecular weight excluding hydrogens is 411 g/mol. The van der Waals surface area contributed by atoms with E-state index in [1.54, 1.807) is 0 Å². The Balaban J connectivity index is 1.70. The van der Waals surface area contributed by atoms with E-state index in [-0.39, 0.29) is 0 Å². The average Bonchev–Trinajstić information content (AvgIpc) is 3.17. The molecule has 0 unspecified atom stereocenters. The Bertz CT molecular complexity index is 1200. The molecule has 4 aromatic rings. The Morgan fingerprint density at radius 1 is 0.767 bits per heavy atom.